The number of aromatic nitrogens is 1. The Bertz CT molecular complexity index is 3790. The van der Waals surface area contributed by atoms with Crippen LogP contribution in [0, 0.1) is 0 Å². The number of rotatable bonds is 6. The highest BCUT2D eigenvalue weighted by molar-refractivity contribution is 6.06. The van der Waals surface area contributed by atoms with Crippen molar-refractivity contribution >= 4 is 84.7 Å². The van der Waals surface area contributed by atoms with Crippen LogP contribution in [0.1, 0.15) is 85.9 Å². The van der Waals surface area contributed by atoms with Crippen molar-refractivity contribution in [1.29, 1.82) is 0 Å². The van der Waals surface area contributed by atoms with Crippen molar-refractivity contribution in [2.75, 3.05) is 9.80 Å². The van der Waals surface area contributed by atoms with Crippen molar-refractivity contribution in [1.82, 2.24) is 4.57 Å². The van der Waals surface area contributed by atoms with Crippen LogP contribution >= 0.6 is 0 Å². The van der Waals surface area contributed by atoms with Gasteiger partial charge in [-0.3, -0.25) is 0 Å². The fourth-order valence-electron chi connectivity index (χ4n) is 13.2. The Morgan fingerprint density at radius 2 is 1.21 bits per heavy atom. The van der Waals surface area contributed by atoms with Gasteiger partial charge in [0.05, 0.1) is 28.3 Å². The van der Waals surface area contributed by atoms with Gasteiger partial charge in [0.15, 0.2) is 0 Å². The summed E-state index contributed by atoms with van der Waals surface area (Å²) in [6.45, 7) is 9.94. The van der Waals surface area contributed by atoms with E-state index in [1.54, 1.807) is 0 Å². The monoisotopic (exact) mass is 863 g/mol. The lowest BCUT2D eigenvalue weighted by atomic mass is 9.67. The van der Waals surface area contributed by atoms with Gasteiger partial charge in [-0.25, -0.2) is 0 Å². The van der Waals surface area contributed by atoms with Crippen molar-refractivity contribution in [2.24, 2.45) is 0 Å². The molecule has 0 amide bonds. The molecule has 67 heavy (non-hydrogen) atoms. The summed E-state index contributed by atoms with van der Waals surface area (Å²) in [5, 5.41) is 9.35. The first-order valence-corrected chi connectivity index (χ1v) is 24.5. The average molecular weight is 864 g/mol. The number of benzene rings is 8. The SMILES string of the molecule is CC1(C)C2=c3c(c4cc(N(c5ccccc5)c5cc6c(c7ccccc57)C=CCC6)cc5c4n3-c3c1cccc3C5(C)C)=CC(N(c1ccccc1)c1cc3ccccc3c3c1C=CCC3)C2. The zero-order chi connectivity index (χ0) is 44.8. The Balaban J connectivity index is 1.10. The van der Waals surface area contributed by atoms with Crippen LogP contribution in [-0.4, -0.2) is 10.6 Å². The van der Waals surface area contributed by atoms with Crippen molar-refractivity contribution in [3.05, 3.63) is 213 Å². The van der Waals surface area contributed by atoms with Gasteiger partial charge in [-0.1, -0.05) is 161 Å². The van der Waals surface area contributed by atoms with Crippen LogP contribution in [0.3, 0.4) is 0 Å². The number of para-hydroxylation sites is 3. The van der Waals surface area contributed by atoms with Crippen LogP contribution in [0.25, 0.3) is 61.9 Å². The molecule has 1 unspecified atom stereocenters. The fraction of sp³-hybridized carbons (Fsp3) is 0.188. The number of nitrogens with zero attached hydrogens (tertiary/aromatic N) is 3. The summed E-state index contributed by atoms with van der Waals surface area (Å²) in [6.07, 6.45) is 17.3. The Labute approximate surface area is 392 Å². The van der Waals surface area contributed by atoms with E-state index < -0.39 is 0 Å². The molecular weight excluding hydrogens is 811 g/mol. The van der Waals surface area contributed by atoms with Gasteiger partial charge in [-0.05, 0) is 136 Å². The molecule has 1 atom stereocenters. The number of anilines is 5. The number of hydrogen-bond acceptors (Lipinski definition) is 2. The summed E-state index contributed by atoms with van der Waals surface area (Å²) in [6, 6.07) is 57.7. The lowest BCUT2D eigenvalue weighted by Crippen LogP contribution is -2.49. The van der Waals surface area contributed by atoms with E-state index in [0.717, 1.165) is 32.1 Å². The Morgan fingerprint density at radius 1 is 0.537 bits per heavy atom. The molecule has 3 nitrogen and oxygen atoms in total. The largest absolute Gasteiger partial charge is 0.334 e. The van der Waals surface area contributed by atoms with E-state index in [1.807, 2.05) is 0 Å². The molecule has 0 radical (unpaired) electrons. The molecule has 0 saturated carbocycles. The zero-order valence-corrected chi connectivity index (χ0v) is 38.8. The molecule has 0 bridgehead atoms. The molecule has 5 aliphatic rings. The number of aryl methyl sites for hydroxylation is 2. The fourth-order valence-corrected chi connectivity index (χ4v) is 13.2. The van der Waals surface area contributed by atoms with Crippen molar-refractivity contribution in [3.63, 3.8) is 0 Å². The second-order valence-electron chi connectivity index (χ2n) is 20.6. The molecule has 1 aromatic heterocycles. The number of allylic oxidation sites excluding steroid dienone is 2. The maximum absolute atomic E-state index is 2.72. The molecular formula is C64H53N3. The molecule has 3 heteroatoms. The molecule has 3 aliphatic carbocycles. The van der Waals surface area contributed by atoms with Crippen LogP contribution in [-0.2, 0) is 23.7 Å². The second-order valence-corrected chi connectivity index (χ2v) is 20.6. The molecule has 324 valence electrons. The van der Waals surface area contributed by atoms with Crippen LogP contribution in [0.5, 0.6) is 0 Å². The molecule has 0 saturated heterocycles. The molecule has 9 aromatic rings. The Hall–Kier alpha value is -7.36. The van der Waals surface area contributed by atoms with E-state index in [0.29, 0.717) is 0 Å². The summed E-state index contributed by atoms with van der Waals surface area (Å²) < 4.78 is 2.72. The van der Waals surface area contributed by atoms with E-state index in [9.17, 15) is 0 Å². The van der Waals surface area contributed by atoms with E-state index in [4.69, 9.17) is 0 Å². The second kappa shape index (κ2) is 14.1. The van der Waals surface area contributed by atoms with Gasteiger partial charge in [0.2, 0.25) is 0 Å². The highest BCUT2D eigenvalue weighted by Crippen LogP contribution is 2.53. The Kier molecular flexibility index (Phi) is 8.17. The van der Waals surface area contributed by atoms with Crippen molar-refractivity contribution < 1.29 is 0 Å². The minimum Gasteiger partial charge on any atom is -0.334 e. The van der Waals surface area contributed by atoms with Gasteiger partial charge in [0.25, 0.3) is 0 Å². The quantitative estimate of drug-likeness (QED) is 0.165. The average Bonchev–Trinajstić information content (AvgIpc) is 3.70. The lowest BCUT2D eigenvalue weighted by molar-refractivity contribution is 0.585. The molecule has 0 fully saturated rings. The van der Waals surface area contributed by atoms with Crippen LogP contribution in [0.4, 0.5) is 28.4 Å². The summed E-state index contributed by atoms with van der Waals surface area (Å²) in [4.78, 5) is 5.27. The molecule has 14 rings (SSSR count). The van der Waals surface area contributed by atoms with Crippen molar-refractivity contribution in [3.8, 4) is 5.69 Å². The van der Waals surface area contributed by atoms with Gasteiger partial charge in [0, 0.05) is 55.1 Å². The number of fused-ring (bicyclic) bond motifs is 7. The minimum absolute atomic E-state index is 0.0530. The maximum atomic E-state index is 2.72. The van der Waals surface area contributed by atoms with Crippen molar-refractivity contribution in [2.45, 2.75) is 76.7 Å². The smallest absolute Gasteiger partial charge is 0.0583 e. The van der Waals surface area contributed by atoms with Crippen LogP contribution in [0.15, 0.2) is 164 Å². The summed E-state index contributed by atoms with van der Waals surface area (Å²) >= 11 is 0. The van der Waals surface area contributed by atoms with Crippen LogP contribution < -0.4 is 20.4 Å². The maximum Gasteiger partial charge on any atom is 0.0583 e. The first kappa shape index (κ1) is 38.9. The molecule has 0 spiro atoms. The predicted octanol–water partition coefficient (Wildman–Crippen LogP) is 14.8. The van der Waals surface area contributed by atoms with Gasteiger partial charge < -0.3 is 14.4 Å². The van der Waals surface area contributed by atoms with Gasteiger partial charge >= 0.3 is 0 Å². The summed E-state index contributed by atoms with van der Waals surface area (Å²) in [5.74, 6) is 0. The normalized spacial score (nSPS) is 17.6. The topological polar surface area (TPSA) is 11.4 Å². The highest BCUT2D eigenvalue weighted by Gasteiger charge is 2.45. The van der Waals surface area contributed by atoms with Crippen LogP contribution in [0.2, 0.25) is 0 Å². The summed E-state index contributed by atoms with van der Waals surface area (Å²) in [5.41, 5.74) is 19.7. The zero-order valence-electron chi connectivity index (χ0n) is 38.8. The summed E-state index contributed by atoms with van der Waals surface area (Å²) in [7, 11) is 0. The first-order chi connectivity index (χ1) is 32.8. The van der Waals surface area contributed by atoms with E-state index in [2.05, 4.69) is 224 Å². The van der Waals surface area contributed by atoms with E-state index >= 15 is 0 Å². The number of hydrogen-bond donors (Lipinski definition) is 0. The highest BCUT2D eigenvalue weighted by atomic mass is 15.2. The molecule has 8 aromatic carbocycles. The molecule has 2 aliphatic heterocycles. The van der Waals surface area contributed by atoms with Gasteiger partial charge in [-0.2, -0.15) is 0 Å². The molecule has 3 heterocycles. The van der Waals surface area contributed by atoms with E-state index in [-0.39, 0.29) is 16.9 Å². The predicted molar refractivity (Wildman–Crippen MR) is 283 cm³/mol. The third-order valence-electron chi connectivity index (χ3n) is 16.4. The molecule has 0 N–H and O–H groups in total. The minimum atomic E-state index is -0.263. The van der Waals surface area contributed by atoms with E-state index in [1.165, 1.54) is 122 Å². The lowest BCUT2D eigenvalue weighted by Gasteiger charge is -2.44. The standard InChI is InChI=1S/C64H53N3/c1-63(2)54-32-19-33-55-62(54)67-60-52(36-44(38-56(60)63)65(42-22-7-5-8-23-42)58-34-40-20-11-13-26-46(40)48-28-15-17-30-50(48)58)53-37-45(39-57(61(53)67)64(55,3)4)66(43-24-9-6-10-25-43)59-35-41-21-12-14-27-47(41)49-29-16-18-31-51(49)59/h5-11,13-14,16-20,22-27,29-37,39,44H,12,15,21,28,38H2,1-4H3. The Morgan fingerprint density at radius 3 is 2.00 bits per heavy atom. The third-order valence-corrected chi connectivity index (χ3v) is 16.4. The first-order valence-electron chi connectivity index (χ1n) is 24.5. The third kappa shape index (κ3) is 5.40. The van der Waals surface area contributed by atoms with Gasteiger partial charge in [-0.15, -0.1) is 0 Å². The van der Waals surface area contributed by atoms with Gasteiger partial charge in [0.1, 0.15) is 0 Å².